The number of fused-ring (bicyclic) bond motifs is 1. The van der Waals surface area contributed by atoms with Crippen LogP contribution in [0.5, 0.6) is 5.88 Å². The molecule has 17 heavy (non-hydrogen) atoms. The standard InChI is InChI=1S/C11H11N3O3/c15-8-3-1-2-7-9(11(16)17)13-10(14(7)8)6-4-12-5-6/h1-3,6,12,15H,4-5H2,(H,16,17). The molecule has 2 aromatic heterocycles. The van der Waals surface area contributed by atoms with Crippen molar-refractivity contribution in [3.8, 4) is 5.88 Å². The Kier molecular flexibility index (Phi) is 2.05. The summed E-state index contributed by atoms with van der Waals surface area (Å²) in [5.41, 5.74) is 0.419. The van der Waals surface area contributed by atoms with Crippen molar-refractivity contribution in [1.82, 2.24) is 14.7 Å². The molecule has 0 amide bonds. The van der Waals surface area contributed by atoms with Gasteiger partial charge in [-0.3, -0.25) is 4.40 Å². The molecule has 0 radical (unpaired) electrons. The molecule has 3 N–H and O–H groups in total. The molecule has 0 atom stereocenters. The van der Waals surface area contributed by atoms with Gasteiger partial charge in [-0.05, 0) is 12.1 Å². The van der Waals surface area contributed by atoms with Crippen molar-refractivity contribution in [2.24, 2.45) is 0 Å². The Bertz CT molecular complexity index is 601. The highest BCUT2D eigenvalue weighted by Crippen LogP contribution is 2.26. The van der Waals surface area contributed by atoms with Crippen molar-refractivity contribution in [1.29, 1.82) is 0 Å². The summed E-state index contributed by atoms with van der Waals surface area (Å²) in [6.45, 7) is 1.51. The average molecular weight is 233 g/mol. The van der Waals surface area contributed by atoms with E-state index in [1.807, 2.05) is 0 Å². The summed E-state index contributed by atoms with van der Waals surface area (Å²) in [4.78, 5) is 15.2. The van der Waals surface area contributed by atoms with Gasteiger partial charge in [0.1, 0.15) is 5.82 Å². The van der Waals surface area contributed by atoms with Gasteiger partial charge in [-0.15, -0.1) is 0 Å². The highest BCUT2D eigenvalue weighted by molar-refractivity contribution is 5.94. The molecule has 2 aromatic rings. The molecule has 0 aliphatic carbocycles. The molecule has 6 heteroatoms. The number of nitrogens with one attached hydrogen (secondary N) is 1. The van der Waals surface area contributed by atoms with Crippen LogP contribution < -0.4 is 5.32 Å². The van der Waals surface area contributed by atoms with E-state index < -0.39 is 5.97 Å². The number of aromatic carboxylic acids is 1. The third-order valence-corrected chi connectivity index (χ3v) is 3.02. The van der Waals surface area contributed by atoms with Crippen molar-refractivity contribution in [3.63, 3.8) is 0 Å². The number of carboxylic acid groups (broad SMARTS) is 1. The zero-order valence-electron chi connectivity index (χ0n) is 8.92. The lowest BCUT2D eigenvalue weighted by Crippen LogP contribution is -2.40. The molecule has 0 saturated carbocycles. The minimum Gasteiger partial charge on any atom is -0.494 e. The topological polar surface area (TPSA) is 86.9 Å². The zero-order valence-corrected chi connectivity index (χ0v) is 8.92. The van der Waals surface area contributed by atoms with E-state index >= 15 is 0 Å². The first kappa shape index (κ1) is 10.1. The Morgan fingerprint density at radius 3 is 2.82 bits per heavy atom. The molecule has 1 aliphatic rings. The first-order valence-electron chi connectivity index (χ1n) is 5.33. The van der Waals surface area contributed by atoms with Gasteiger partial charge in [0.15, 0.2) is 11.6 Å². The Hall–Kier alpha value is -2.08. The van der Waals surface area contributed by atoms with Crippen molar-refractivity contribution in [2.45, 2.75) is 5.92 Å². The molecule has 0 unspecified atom stereocenters. The van der Waals surface area contributed by atoms with Gasteiger partial charge in [0.2, 0.25) is 0 Å². The smallest absolute Gasteiger partial charge is 0.356 e. The van der Waals surface area contributed by atoms with Gasteiger partial charge >= 0.3 is 5.97 Å². The zero-order chi connectivity index (χ0) is 12.0. The first-order valence-corrected chi connectivity index (χ1v) is 5.33. The Morgan fingerprint density at radius 2 is 2.24 bits per heavy atom. The fourth-order valence-electron chi connectivity index (χ4n) is 2.05. The van der Waals surface area contributed by atoms with E-state index in [0.29, 0.717) is 11.3 Å². The summed E-state index contributed by atoms with van der Waals surface area (Å²) < 4.78 is 1.51. The van der Waals surface area contributed by atoms with E-state index in [9.17, 15) is 9.90 Å². The Labute approximate surface area is 96.5 Å². The van der Waals surface area contributed by atoms with Crippen LogP contribution in [0.4, 0.5) is 0 Å². The lowest BCUT2D eigenvalue weighted by atomic mass is 10.0. The summed E-state index contributed by atoms with van der Waals surface area (Å²) in [5.74, 6) is -0.297. The third kappa shape index (κ3) is 1.38. The minimum atomic E-state index is -1.08. The van der Waals surface area contributed by atoms with E-state index in [2.05, 4.69) is 10.3 Å². The van der Waals surface area contributed by atoms with E-state index in [1.165, 1.54) is 10.5 Å². The molecule has 6 nitrogen and oxygen atoms in total. The molecule has 0 bridgehead atoms. The van der Waals surface area contributed by atoms with E-state index in [4.69, 9.17) is 5.11 Å². The van der Waals surface area contributed by atoms with Crippen molar-refractivity contribution >= 4 is 11.5 Å². The lowest BCUT2D eigenvalue weighted by molar-refractivity contribution is 0.0693. The number of carboxylic acids is 1. The number of nitrogens with zero attached hydrogens (tertiary/aromatic N) is 2. The molecular formula is C11H11N3O3. The molecule has 1 saturated heterocycles. The second-order valence-electron chi connectivity index (χ2n) is 4.08. The summed E-state index contributed by atoms with van der Waals surface area (Å²) in [6, 6.07) is 4.78. The summed E-state index contributed by atoms with van der Waals surface area (Å²) in [6.07, 6.45) is 0. The molecule has 0 spiro atoms. The predicted molar refractivity (Wildman–Crippen MR) is 59.4 cm³/mol. The first-order chi connectivity index (χ1) is 8.18. The van der Waals surface area contributed by atoms with Crippen LogP contribution >= 0.6 is 0 Å². The number of rotatable bonds is 2. The molecule has 3 rings (SSSR count). The molecule has 1 aliphatic heterocycles. The van der Waals surface area contributed by atoms with Crippen LogP contribution in [0.2, 0.25) is 0 Å². The van der Waals surface area contributed by atoms with Gasteiger partial charge in [0, 0.05) is 19.0 Å². The molecule has 3 heterocycles. The van der Waals surface area contributed by atoms with Crippen LogP contribution in [0.1, 0.15) is 22.2 Å². The maximum atomic E-state index is 11.1. The third-order valence-electron chi connectivity index (χ3n) is 3.02. The minimum absolute atomic E-state index is 0.0113. The van der Waals surface area contributed by atoms with Crippen molar-refractivity contribution in [2.75, 3.05) is 13.1 Å². The van der Waals surface area contributed by atoms with Gasteiger partial charge in [0.25, 0.3) is 0 Å². The molecule has 0 aromatic carbocycles. The molecule has 88 valence electrons. The maximum absolute atomic E-state index is 11.1. The largest absolute Gasteiger partial charge is 0.494 e. The predicted octanol–water partition coefficient (Wildman–Crippen LogP) is 0.425. The summed E-state index contributed by atoms with van der Waals surface area (Å²) in [5, 5.41) is 22.0. The average Bonchev–Trinajstić information content (AvgIpc) is 2.56. The number of imidazole rings is 1. The number of aromatic nitrogens is 2. The molecule has 1 fully saturated rings. The second kappa shape index (κ2) is 3.46. The van der Waals surface area contributed by atoms with Gasteiger partial charge in [0.05, 0.1) is 5.52 Å². The van der Waals surface area contributed by atoms with Crippen LogP contribution in [-0.4, -0.2) is 38.7 Å². The van der Waals surface area contributed by atoms with E-state index in [-0.39, 0.29) is 17.5 Å². The summed E-state index contributed by atoms with van der Waals surface area (Å²) >= 11 is 0. The van der Waals surface area contributed by atoms with Crippen LogP contribution in [0.3, 0.4) is 0 Å². The number of aromatic hydroxyl groups is 1. The quantitative estimate of drug-likeness (QED) is 0.700. The monoisotopic (exact) mass is 233 g/mol. The van der Waals surface area contributed by atoms with Gasteiger partial charge in [-0.1, -0.05) is 6.07 Å². The Balaban J connectivity index is 2.30. The van der Waals surface area contributed by atoms with Crippen molar-refractivity contribution in [3.05, 3.63) is 29.7 Å². The van der Waals surface area contributed by atoms with Crippen LogP contribution in [0.15, 0.2) is 18.2 Å². The molecular weight excluding hydrogens is 222 g/mol. The van der Waals surface area contributed by atoms with E-state index in [0.717, 1.165) is 13.1 Å². The van der Waals surface area contributed by atoms with Gasteiger partial charge in [-0.25, -0.2) is 9.78 Å². The lowest BCUT2D eigenvalue weighted by Gasteiger charge is -2.25. The van der Waals surface area contributed by atoms with Gasteiger partial charge in [-0.2, -0.15) is 0 Å². The number of pyridine rings is 1. The summed E-state index contributed by atoms with van der Waals surface area (Å²) in [7, 11) is 0. The van der Waals surface area contributed by atoms with Crippen LogP contribution in [-0.2, 0) is 0 Å². The maximum Gasteiger partial charge on any atom is 0.356 e. The normalized spacial score (nSPS) is 16.0. The number of hydrogen-bond donors (Lipinski definition) is 3. The highest BCUT2D eigenvalue weighted by atomic mass is 16.4. The SMILES string of the molecule is O=C(O)c1nc(C2CNC2)n2c(O)cccc12. The van der Waals surface area contributed by atoms with Gasteiger partial charge < -0.3 is 15.5 Å². The number of carbonyl (C=O) groups is 1. The second-order valence-corrected chi connectivity index (χ2v) is 4.08. The van der Waals surface area contributed by atoms with E-state index in [1.54, 1.807) is 12.1 Å². The fraction of sp³-hybridized carbons (Fsp3) is 0.273. The van der Waals surface area contributed by atoms with Crippen LogP contribution in [0.25, 0.3) is 5.52 Å². The van der Waals surface area contributed by atoms with Crippen molar-refractivity contribution < 1.29 is 15.0 Å². The fourth-order valence-corrected chi connectivity index (χ4v) is 2.05. The number of hydrogen-bond acceptors (Lipinski definition) is 4. The Morgan fingerprint density at radius 1 is 1.47 bits per heavy atom. The van der Waals surface area contributed by atoms with Crippen LogP contribution in [0, 0.1) is 0 Å². The highest BCUT2D eigenvalue weighted by Gasteiger charge is 2.27.